The minimum atomic E-state index is -4.78. The van der Waals surface area contributed by atoms with Gasteiger partial charge in [0.2, 0.25) is 0 Å². The van der Waals surface area contributed by atoms with Crippen molar-refractivity contribution in [1.82, 2.24) is 0 Å². The number of esters is 2. The summed E-state index contributed by atoms with van der Waals surface area (Å²) in [6.45, 7) is 2.44. The number of carboxylic acid groups (broad SMARTS) is 1. The predicted molar refractivity (Wildman–Crippen MR) is 227 cm³/mol. The molecule has 0 bridgehead atoms. The number of allylic oxidation sites excluding steroid dienone is 2. The van der Waals surface area contributed by atoms with Crippen molar-refractivity contribution < 1.29 is 62.5 Å². The summed E-state index contributed by atoms with van der Waals surface area (Å²) in [5.41, 5.74) is 5.33. The lowest BCUT2D eigenvalue weighted by Gasteiger charge is -2.20. The molecule has 1 aliphatic carbocycles. The molecule has 1 fully saturated rings. The summed E-state index contributed by atoms with van der Waals surface area (Å²) in [5.74, 6) is -3.39. The number of aliphatic carboxylic acids is 1. The Morgan fingerprint density at radius 1 is 0.780 bits per heavy atom. The van der Waals surface area contributed by atoms with Crippen LogP contribution in [0.15, 0.2) is 24.3 Å². The maximum Gasteiger partial charge on any atom is 0.472 e. The maximum absolute atomic E-state index is 12.7. The van der Waals surface area contributed by atoms with Gasteiger partial charge in [-0.05, 0) is 32.1 Å². The van der Waals surface area contributed by atoms with Crippen molar-refractivity contribution in [2.24, 2.45) is 17.6 Å². The number of unbranched alkanes of at least 4 members (excludes halogenated alkanes) is 17. The van der Waals surface area contributed by atoms with E-state index in [1.54, 1.807) is 12.2 Å². The Morgan fingerprint density at radius 3 is 1.92 bits per heavy atom. The van der Waals surface area contributed by atoms with Crippen LogP contribution in [0, 0.1) is 11.8 Å². The van der Waals surface area contributed by atoms with Crippen LogP contribution in [0.1, 0.15) is 174 Å². The second kappa shape index (κ2) is 34.2. The van der Waals surface area contributed by atoms with Gasteiger partial charge in [0, 0.05) is 31.1 Å². The molecule has 1 aliphatic rings. The van der Waals surface area contributed by atoms with E-state index in [1.807, 2.05) is 12.2 Å². The first-order valence-electron chi connectivity index (χ1n) is 22.5. The Morgan fingerprint density at radius 2 is 1.32 bits per heavy atom. The molecular weight excluding hydrogens is 781 g/mol. The SMILES string of the molecule is CCCCCCCCCCCCCCCCCC(=O)O[C@H](COC(=O)CCC/C=C\C[C@H]1C(=O)C[C@@H](O)[C@@H]1/C=C/[C@@H](O)CCCCC)COP(=O)(O)OC[C@H](N)C(=O)O. The van der Waals surface area contributed by atoms with E-state index < -0.39 is 69.9 Å². The summed E-state index contributed by atoms with van der Waals surface area (Å²) in [6, 6.07) is -1.56. The minimum absolute atomic E-state index is 0.0251. The summed E-state index contributed by atoms with van der Waals surface area (Å²) in [5, 5.41) is 29.6. The van der Waals surface area contributed by atoms with E-state index in [-0.39, 0.29) is 36.9 Å². The lowest BCUT2D eigenvalue weighted by molar-refractivity contribution is -0.161. The zero-order valence-corrected chi connectivity index (χ0v) is 37.0. The second-order valence-corrected chi connectivity index (χ2v) is 17.4. The van der Waals surface area contributed by atoms with Gasteiger partial charge >= 0.3 is 25.7 Å². The van der Waals surface area contributed by atoms with Gasteiger partial charge in [-0.15, -0.1) is 0 Å². The number of nitrogens with two attached hydrogens (primary N) is 1. The van der Waals surface area contributed by atoms with Crippen LogP contribution in [-0.4, -0.2) is 88.1 Å². The van der Waals surface area contributed by atoms with Crippen LogP contribution in [0.3, 0.4) is 0 Å². The van der Waals surface area contributed by atoms with Crippen LogP contribution in [0.25, 0.3) is 0 Å². The van der Waals surface area contributed by atoms with Gasteiger partial charge in [-0.3, -0.25) is 28.2 Å². The normalized spacial score (nSPS) is 19.6. The van der Waals surface area contributed by atoms with E-state index in [9.17, 15) is 38.8 Å². The Bertz CT molecular complexity index is 1260. The number of carbonyl (C=O) groups is 4. The van der Waals surface area contributed by atoms with Crippen LogP contribution in [0.2, 0.25) is 0 Å². The molecule has 0 saturated heterocycles. The summed E-state index contributed by atoms with van der Waals surface area (Å²) in [4.78, 5) is 58.7. The topological polar surface area (TPSA) is 229 Å². The quantitative estimate of drug-likeness (QED) is 0.0170. The van der Waals surface area contributed by atoms with Crippen molar-refractivity contribution in [1.29, 1.82) is 0 Å². The molecular formula is C44H78NO13P. The number of phosphoric acid groups is 1. The molecule has 0 amide bonds. The van der Waals surface area contributed by atoms with Crippen LogP contribution >= 0.6 is 7.82 Å². The Balaban J connectivity index is 2.49. The standard InChI is InChI=1S/C44H78NO13P/c1-3-5-7-8-9-10-11-12-13-14-15-16-17-18-24-28-43(50)58-36(33-56-59(53,54)57-34-39(45)44(51)52)32-55-42(49)27-23-20-19-22-26-37-38(41(48)31-40(37)47)30-29-35(46)25-21-6-4-2/h19,22,29-30,35-39,41,46,48H,3-18,20-21,23-28,31-34,45H2,1-2H3,(H,51,52)(H,53,54)/b22-19-,30-29+/t35-,36+,37+,38+,39-,41+/m0/s1. The average Bonchev–Trinajstić information content (AvgIpc) is 3.47. The van der Waals surface area contributed by atoms with E-state index >= 15 is 0 Å². The number of aliphatic hydroxyl groups excluding tert-OH is 2. The molecule has 0 aromatic rings. The highest BCUT2D eigenvalue weighted by Gasteiger charge is 2.39. The lowest BCUT2D eigenvalue weighted by atomic mass is 9.90. The number of carboxylic acids is 1. The fraction of sp³-hybridized carbons (Fsp3) is 0.818. The average molecular weight is 860 g/mol. The van der Waals surface area contributed by atoms with Crippen molar-refractivity contribution in [2.45, 2.75) is 199 Å². The van der Waals surface area contributed by atoms with Gasteiger partial charge < -0.3 is 35.4 Å². The zero-order valence-electron chi connectivity index (χ0n) is 36.1. The Kier molecular flexibility index (Phi) is 31.6. The van der Waals surface area contributed by atoms with Crippen molar-refractivity contribution in [2.75, 3.05) is 19.8 Å². The number of hydrogen-bond donors (Lipinski definition) is 5. The number of phosphoric ester groups is 1. The van der Waals surface area contributed by atoms with Crippen molar-refractivity contribution in [3.05, 3.63) is 24.3 Å². The smallest absolute Gasteiger partial charge is 0.472 e. The molecule has 15 heteroatoms. The third kappa shape index (κ3) is 28.7. The molecule has 0 aliphatic heterocycles. The van der Waals surface area contributed by atoms with Gasteiger partial charge in [-0.2, -0.15) is 0 Å². The van der Waals surface area contributed by atoms with Gasteiger partial charge in [0.25, 0.3) is 0 Å². The van der Waals surface area contributed by atoms with Gasteiger partial charge in [0.05, 0.1) is 25.4 Å². The fourth-order valence-electron chi connectivity index (χ4n) is 6.93. The Labute approximate surface area is 353 Å². The number of carbonyl (C=O) groups excluding carboxylic acids is 3. The summed E-state index contributed by atoms with van der Waals surface area (Å²) in [6.07, 6.45) is 27.5. The number of aliphatic hydroxyl groups is 2. The fourth-order valence-corrected chi connectivity index (χ4v) is 7.71. The van der Waals surface area contributed by atoms with E-state index in [2.05, 4.69) is 18.4 Å². The van der Waals surface area contributed by atoms with Crippen LogP contribution < -0.4 is 5.73 Å². The minimum Gasteiger partial charge on any atom is -0.480 e. The van der Waals surface area contributed by atoms with E-state index in [0.29, 0.717) is 32.1 Å². The molecule has 0 spiro atoms. The molecule has 7 atom stereocenters. The van der Waals surface area contributed by atoms with Gasteiger partial charge in [0.15, 0.2) is 6.10 Å². The van der Waals surface area contributed by atoms with Crippen LogP contribution in [0.4, 0.5) is 0 Å². The van der Waals surface area contributed by atoms with Crippen molar-refractivity contribution in [3.8, 4) is 0 Å². The van der Waals surface area contributed by atoms with Crippen molar-refractivity contribution >= 4 is 31.5 Å². The highest BCUT2D eigenvalue weighted by molar-refractivity contribution is 7.47. The molecule has 1 rings (SSSR count). The summed E-state index contributed by atoms with van der Waals surface area (Å²) < 4.78 is 32.7. The van der Waals surface area contributed by atoms with Crippen LogP contribution in [0.5, 0.6) is 0 Å². The third-order valence-corrected chi connectivity index (χ3v) is 11.5. The first-order chi connectivity index (χ1) is 28.3. The molecule has 342 valence electrons. The number of hydrogen-bond acceptors (Lipinski definition) is 12. The number of Topliss-reactive ketones (excluding diaryl/α,β-unsaturated/α-hetero) is 1. The highest BCUT2D eigenvalue weighted by atomic mass is 31.2. The molecule has 0 heterocycles. The number of rotatable bonds is 38. The number of ether oxygens (including phenoxy) is 2. The summed E-state index contributed by atoms with van der Waals surface area (Å²) in [7, 11) is -4.78. The van der Waals surface area contributed by atoms with Crippen LogP contribution in [-0.2, 0) is 42.3 Å². The van der Waals surface area contributed by atoms with E-state index in [4.69, 9.17) is 24.8 Å². The highest BCUT2D eigenvalue weighted by Crippen LogP contribution is 2.43. The third-order valence-electron chi connectivity index (χ3n) is 10.6. The molecule has 0 aromatic heterocycles. The molecule has 0 radical (unpaired) electrons. The van der Waals surface area contributed by atoms with Crippen molar-refractivity contribution in [3.63, 3.8) is 0 Å². The van der Waals surface area contributed by atoms with E-state index in [1.165, 1.54) is 70.6 Å². The van der Waals surface area contributed by atoms with Gasteiger partial charge in [-0.25, -0.2) is 4.57 Å². The second-order valence-electron chi connectivity index (χ2n) is 16.0. The molecule has 1 saturated carbocycles. The zero-order chi connectivity index (χ0) is 43.7. The summed E-state index contributed by atoms with van der Waals surface area (Å²) >= 11 is 0. The molecule has 1 unspecified atom stereocenters. The Hall–Kier alpha value is -2.45. The van der Waals surface area contributed by atoms with Gasteiger partial charge in [-0.1, -0.05) is 147 Å². The first kappa shape index (κ1) is 54.6. The lowest BCUT2D eigenvalue weighted by Crippen LogP contribution is -2.34. The van der Waals surface area contributed by atoms with E-state index in [0.717, 1.165) is 38.5 Å². The molecule has 0 aromatic carbocycles. The predicted octanol–water partition coefficient (Wildman–Crippen LogP) is 8.43. The first-order valence-corrected chi connectivity index (χ1v) is 24.0. The number of ketones is 1. The molecule has 14 nitrogen and oxygen atoms in total. The molecule has 59 heavy (non-hydrogen) atoms. The monoisotopic (exact) mass is 860 g/mol. The largest absolute Gasteiger partial charge is 0.480 e. The molecule has 6 N–H and O–H groups in total. The maximum atomic E-state index is 12.7. The van der Waals surface area contributed by atoms with Gasteiger partial charge in [0.1, 0.15) is 18.4 Å².